The zero-order valence-corrected chi connectivity index (χ0v) is 12.4. The van der Waals surface area contributed by atoms with Crippen molar-refractivity contribution in [3.63, 3.8) is 0 Å². The Kier molecular flexibility index (Phi) is 3.66. The van der Waals surface area contributed by atoms with E-state index in [0.717, 1.165) is 17.0 Å². The summed E-state index contributed by atoms with van der Waals surface area (Å²) in [4.78, 5) is 4.62. The first-order chi connectivity index (χ1) is 10.1. The average molecular weight is 304 g/mol. The van der Waals surface area contributed by atoms with Gasteiger partial charge in [-0.3, -0.25) is 0 Å². The number of pyridine rings is 1. The minimum Gasteiger partial charge on any atom is -0.330 e. The second-order valence-electron chi connectivity index (χ2n) is 4.96. The predicted molar refractivity (Wildman–Crippen MR) is 83.1 cm³/mol. The molecular formula is C16H15ClFN3. The molecule has 0 aliphatic carbocycles. The fourth-order valence-corrected chi connectivity index (χ4v) is 2.69. The topological polar surface area (TPSA) is 43.3 Å². The van der Waals surface area contributed by atoms with E-state index in [-0.39, 0.29) is 5.82 Å². The Morgan fingerprint density at radius 1 is 1.33 bits per heavy atom. The quantitative estimate of drug-likeness (QED) is 0.803. The number of benzene rings is 1. The maximum Gasteiger partial charge on any atom is 0.156 e. The molecule has 0 saturated heterocycles. The van der Waals surface area contributed by atoms with Gasteiger partial charge in [0.1, 0.15) is 5.82 Å². The van der Waals surface area contributed by atoms with Crippen molar-refractivity contribution in [2.75, 3.05) is 6.54 Å². The van der Waals surface area contributed by atoms with Crippen LogP contribution in [0.5, 0.6) is 0 Å². The van der Waals surface area contributed by atoms with Gasteiger partial charge in [0.2, 0.25) is 0 Å². The van der Waals surface area contributed by atoms with E-state index in [2.05, 4.69) is 4.98 Å². The maximum absolute atomic E-state index is 13.5. The fraction of sp³-hybridized carbons (Fsp3) is 0.188. The molecule has 0 atom stereocenters. The molecule has 3 aromatic rings. The van der Waals surface area contributed by atoms with Crippen LogP contribution in [0.1, 0.15) is 11.3 Å². The molecule has 0 aliphatic heterocycles. The lowest BCUT2D eigenvalue weighted by Gasteiger charge is -2.05. The molecule has 0 fully saturated rings. The Hall–Kier alpha value is -1.91. The van der Waals surface area contributed by atoms with Crippen LogP contribution in [0.4, 0.5) is 4.39 Å². The van der Waals surface area contributed by atoms with Crippen LogP contribution in [0.2, 0.25) is 5.02 Å². The zero-order chi connectivity index (χ0) is 15.0. The van der Waals surface area contributed by atoms with Crippen LogP contribution in [0.3, 0.4) is 0 Å². The Morgan fingerprint density at radius 2 is 2.14 bits per heavy atom. The molecular weight excluding hydrogens is 289 g/mol. The summed E-state index contributed by atoms with van der Waals surface area (Å²) in [5.41, 5.74) is 9.66. The molecule has 0 bridgehead atoms. The zero-order valence-electron chi connectivity index (χ0n) is 11.6. The first-order valence-corrected chi connectivity index (χ1v) is 7.11. The van der Waals surface area contributed by atoms with Crippen LogP contribution in [-0.4, -0.2) is 15.9 Å². The van der Waals surface area contributed by atoms with Gasteiger partial charge in [-0.25, -0.2) is 9.37 Å². The van der Waals surface area contributed by atoms with Gasteiger partial charge in [-0.1, -0.05) is 11.6 Å². The van der Waals surface area contributed by atoms with E-state index >= 15 is 0 Å². The highest BCUT2D eigenvalue weighted by molar-refractivity contribution is 6.33. The van der Waals surface area contributed by atoms with Crippen molar-refractivity contribution in [3.05, 3.63) is 58.6 Å². The van der Waals surface area contributed by atoms with Crippen LogP contribution in [0, 0.1) is 12.7 Å². The first-order valence-electron chi connectivity index (χ1n) is 6.74. The van der Waals surface area contributed by atoms with Crippen molar-refractivity contribution in [3.8, 4) is 11.3 Å². The van der Waals surface area contributed by atoms with Crippen molar-refractivity contribution in [1.82, 2.24) is 9.38 Å². The Labute approximate surface area is 127 Å². The van der Waals surface area contributed by atoms with Crippen molar-refractivity contribution in [1.29, 1.82) is 0 Å². The summed E-state index contributed by atoms with van der Waals surface area (Å²) in [5.74, 6) is -0.221. The van der Waals surface area contributed by atoms with E-state index < -0.39 is 0 Å². The molecule has 3 nitrogen and oxygen atoms in total. The molecule has 0 radical (unpaired) electrons. The Bertz CT molecular complexity index is 811. The number of fused-ring (bicyclic) bond motifs is 1. The number of aryl methyl sites for hydroxylation is 1. The molecule has 0 unspecified atom stereocenters. The standard InChI is InChI=1S/C16H15ClFN3/c1-10-9-11(4-5-13(10)18)15-14(6-7-19)21-8-2-3-12(17)16(21)20-15/h2-5,8-9H,6-7,19H2,1H3. The maximum atomic E-state index is 13.5. The van der Waals surface area contributed by atoms with Gasteiger partial charge in [0.15, 0.2) is 5.65 Å². The number of nitrogens with zero attached hydrogens (tertiary/aromatic N) is 2. The van der Waals surface area contributed by atoms with Gasteiger partial charge in [-0.2, -0.15) is 0 Å². The monoisotopic (exact) mass is 303 g/mol. The third kappa shape index (κ3) is 2.41. The molecule has 5 heteroatoms. The highest BCUT2D eigenvalue weighted by Crippen LogP contribution is 2.28. The summed E-state index contributed by atoms with van der Waals surface area (Å²) in [6, 6.07) is 8.66. The number of aromatic nitrogens is 2. The summed E-state index contributed by atoms with van der Waals surface area (Å²) in [6.45, 7) is 2.25. The largest absolute Gasteiger partial charge is 0.330 e. The molecule has 1 aromatic carbocycles. The minimum absolute atomic E-state index is 0.221. The van der Waals surface area contributed by atoms with Crippen molar-refractivity contribution < 1.29 is 4.39 Å². The number of rotatable bonds is 3. The average Bonchev–Trinajstić information content (AvgIpc) is 2.83. The number of hydrogen-bond donors (Lipinski definition) is 1. The summed E-state index contributed by atoms with van der Waals surface area (Å²) < 4.78 is 15.4. The fourth-order valence-electron chi connectivity index (χ4n) is 2.48. The van der Waals surface area contributed by atoms with Crippen LogP contribution in [-0.2, 0) is 6.42 Å². The highest BCUT2D eigenvalue weighted by atomic mass is 35.5. The van der Waals surface area contributed by atoms with Crippen molar-refractivity contribution in [2.24, 2.45) is 5.73 Å². The molecule has 0 amide bonds. The summed E-state index contributed by atoms with van der Waals surface area (Å²) in [5, 5.41) is 0.584. The van der Waals surface area contributed by atoms with Gasteiger partial charge >= 0.3 is 0 Å². The van der Waals surface area contributed by atoms with Gasteiger partial charge < -0.3 is 10.1 Å². The van der Waals surface area contributed by atoms with E-state index in [0.29, 0.717) is 29.2 Å². The second-order valence-corrected chi connectivity index (χ2v) is 5.37. The van der Waals surface area contributed by atoms with E-state index in [4.69, 9.17) is 17.3 Å². The summed E-state index contributed by atoms with van der Waals surface area (Å²) in [7, 11) is 0. The number of nitrogens with two attached hydrogens (primary N) is 1. The SMILES string of the molecule is Cc1cc(-c2nc3c(Cl)cccn3c2CCN)ccc1F. The molecule has 21 heavy (non-hydrogen) atoms. The molecule has 0 spiro atoms. The van der Waals surface area contributed by atoms with Crippen LogP contribution in [0.15, 0.2) is 36.5 Å². The summed E-state index contributed by atoms with van der Waals surface area (Å²) in [6.07, 6.45) is 2.59. The molecule has 108 valence electrons. The molecule has 2 aromatic heterocycles. The molecule has 2 heterocycles. The van der Waals surface area contributed by atoms with Crippen LogP contribution >= 0.6 is 11.6 Å². The van der Waals surface area contributed by atoms with Gasteiger partial charge in [0.05, 0.1) is 16.4 Å². The van der Waals surface area contributed by atoms with Crippen LogP contribution in [0.25, 0.3) is 16.9 Å². The predicted octanol–water partition coefficient (Wildman–Crippen LogP) is 3.60. The second kappa shape index (κ2) is 5.47. The van der Waals surface area contributed by atoms with E-state index in [1.54, 1.807) is 25.1 Å². The van der Waals surface area contributed by atoms with Gasteiger partial charge in [0.25, 0.3) is 0 Å². The normalized spacial score (nSPS) is 11.2. The molecule has 0 aliphatic rings. The number of hydrogen-bond acceptors (Lipinski definition) is 2. The third-order valence-electron chi connectivity index (χ3n) is 3.51. The summed E-state index contributed by atoms with van der Waals surface area (Å²) >= 11 is 6.21. The van der Waals surface area contributed by atoms with E-state index in [1.807, 2.05) is 16.7 Å². The smallest absolute Gasteiger partial charge is 0.156 e. The lowest BCUT2D eigenvalue weighted by molar-refractivity contribution is 0.618. The first kappa shape index (κ1) is 14.0. The highest BCUT2D eigenvalue weighted by Gasteiger charge is 2.15. The third-order valence-corrected chi connectivity index (χ3v) is 3.81. The lowest BCUT2D eigenvalue weighted by Crippen LogP contribution is -2.06. The van der Waals surface area contributed by atoms with E-state index in [9.17, 15) is 4.39 Å². The Morgan fingerprint density at radius 3 is 2.86 bits per heavy atom. The number of halogens is 2. The van der Waals surface area contributed by atoms with E-state index in [1.165, 1.54) is 6.07 Å². The molecule has 2 N–H and O–H groups in total. The Balaban J connectivity index is 2.27. The van der Waals surface area contributed by atoms with Crippen molar-refractivity contribution in [2.45, 2.75) is 13.3 Å². The van der Waals surface area contributed by atoms with Gasteiger partial charge in [-0.05, 0) is 49.4 Å². The molecule has 3 rings (SSSR count). The lowest BCUT2D eigenvalue weighted by atomic mass is 10.1. The van der Waals surface area contributed by atoms with Gasteiger partial charge in [-0.15, -0.1) is 0 Å². The minimum atomic E-state index is -0.221. The van der Waals surface area contributed by atoms with Gasteiger partial charge in [0, 0.05) is 18.2 Å². The van der Waals surface area contributed by atoms with Crippen molar-refractivity contribution >= 4 is 17.2 Å². The number of imidazole rings is 1. The van der Waals surface area contributed by atoms with Crippen LogP contribution < -0.4 is 5.73 Å². The molecule has 0 saturated carbocycles.